The zero-order chi connectivity index (χ0) is 20.5. The zero-order valence-electron chi connectivity index (χ0n) is 16.9. The van der Waals surface area contributed by atoms with E-state index in [1.807, 2.05) is 13.0 Å². The van der Waals surface area contributed by atoms with Crippen molar-refractivity contribution in [1.82, 2.24) is 15.6 Å². The Morgan fingerprint density at radius 2 is 1.86 bits per heavy atom. The summed E-state index contributed by atoms with van der Waals surface area (Å²) in [5, 5.41) is 7.56. The van der Waals surface area contributed by atoms with Crippen molar-refractivity contribution in [3.63, 3.8) is 0 Å². The lowest BCUT2D eigenvalue weighted by Gasteiger charge is -2.13. The van der Waals surface area contributed by atoms with E-state index in [9.17, 15) is 8.78 Å². The summed E-state index contributed by atoms with van der Waals surface area (Å²) in [5.74, 6) is 0.997. The third-order valence-corrected chi connectivity index (χ3v) is 5.21. The van der Waals surface area contributed by atoms with Crippen molar-refractivity contribution >= 4 is 41.3 Å². The van der Waals surface area contributed by atoms with Crippen LogP contribution in [0.3, 0.4) is 0 Å². The molecule has 0 amide bonds. The van der Waals surface area contributed by atoms with Crippen molar-refractivity contribution in [2.24, 2.45) is 4.99 Å². The number of nitrogens with one attached hydrogen (secondary N) is 2. The van der Waals surface area contributed by atoms with Gasteiger partial charge in [0, 0.05) is 31.4 Å². The summed E-state index contributed by atoms with van der Waals surface area (Å²) in [7, 11) is 3.12. The van der Waals surface area contributed by atoms with Crippen molar-refractivity contribution in [3.8, 4) is 11.5 Å². The number of aromatic nitrogens is 1. The number of aliphatic imine (C=N–C) groups is 1. The van der Waals surface area contributed by atoms with Crippen molar-refractivity contribution in [2.45, 2.75) is 33.3 Å². The lowest BCUT2D eigenvalue weighted by atomic mass is 10.1. The Bertz CT molecular complexity index is 783. The van der Waals surface area contributed by atoms with Crippen LogP contribution in [0, 0.1) is 13.8 Å². The summed E-state index contributed by atoms with van der Waals surface area (Å²) in [4.78, 5) is 9.95. The fourth-order valence-corrected chi connectivity index (χ4v) is 3.48. The molecule has 0 bridgehead atoms. The van der Waals surface area contributed by atoms with Gasteiger partial charge in [0.05, 0.1) is 17.8 Å². The average molecular weight is 540 g/mol. The minimum atomic E-state index is -2.89. The molecule has 0 fully saturated rings. The molecule has 0 unspecified atom stereocenters. The summed E-state index contributed by atoms with van der Waals surface area (Å²) in [6, 6.07) is 5.01. The number of halogens is 3. The van der Waals surface area contributed by atoms with E-state index in [0.717, 1.165) is 29.2 Å². The van der Waals surface area contributed by atoms with E-state index in [1.54, 1.807) is 30.5 Å². The van der Waals surface area contributed by atoms with Gasteiger partial charge in [-0.3, -0.25) is 4.99 Å². The first-order valence-electron chi connectivity index (χ1n) is 8.92. The summed E-state index contributed by atoms with van der Waals surface area (Å²) in [5.41, 5.74) is 1.94. The number of nitrogens with zero attached hydrogens (tertiary/aromatic N) is 2. The Hall–Kier alpha value is -1.69. The molecule has 1 heterocycles. The maximum absolute atomic E-state index is 12.5. The van der Waals surface area contributed by atoms with Gasteiger partial charge in [0.25, 0.3) is 0 Å². The Kier molecular flexibility index (Phi) is 11.2. The summed E-state index contributed by atoms with van der Waals surface area (Å²) in [6.07, 6.45) is 1.45. The van der Waals surface area contributed by atoms with Gasteiger partial charge in [-0.15, -0.1) is 35.3 Å². The second kappa shape index (κ2) is 12.8. The molecule has 0 aliphatic heterocycles. The predicted molar refractivity (Wildman–Crippen MR) is 123 cm³/mol. The highest BCUT2D eigenvalue weighted by Crippen LogP contribution is 2.29. The zero-order valence-corrected chi connectivity index (χ0v) is 20.1. The quantitative estimate of drug-likeness (QED) is 0.287. The molecular weight excluding hydrogens is 513 g/mol. The number of hydrogen-bond donors (Lipinski definition) is 2. The fourth-order valence-electron chi connectivity index (χ4n) is 2.54. The Morgan fingerprint density at radius 1 is 1.17 bits per heavy atom. The summed E-state index contributed by atoms with van der Waals surface area (Å²) in [6.45, 7) is 2.51. The second-order valence-corrected chi connectivity index (χ2v) is 7.33. The molecule has 6 nitrogen and oxygen atoms in total. The average Bonchev–Trinajstić information content (AvgIpc) is 2.97. The maximum Gasteiger partial charge on any atom is 0.387 e. The van der Waals surface area contributed by atoms with Gasteiger partial charge in [-0.05, 0) is 38.0 Å². The molecule has 0 saturated carbocycles. The fraction of sp³-hybridized carbons (Fsp3) is 0.474. The number of methoxy groups -OCH3 is 1. The number of rotatable bonds is 9. The summed E-state index contributed by atoms with van der Waals surface area (Å²) < 4.78 is 34.6. The van der Waals surface area contributed by atoms with Crippen LogP contribution in [0.5, 0.6) is 11.5 Å². The van der Waals surface area contributed by atoms with Crippen molar-refractivity contribution in [1.29, 1.82) is 0 Å². The van der Waals surface area contributed by atoms with Crippen molar-refractivity contribution in [3.05, 3.63) is 39.3 Å². The van der Waals surface area contributed by atoms with Crippen LogP contribution >= 0.6 is 35.3 Å². The van der Waals surface area contributed by atoms with E-state index in [4.69, 9.17) is 4.74 Å². The van der Waals surface area contributed by atoms with Crippen LogP contribution in [0.4, 0.5) is 8.78 Å². The van der Waals surface area contributed by atoms with E-state index in [-0.39, 0.29) is 35.5 Å². The van der Waals surface area contributed by atoms with Gasteiger partial charge in [0.15, 0.2) is 17.5 Å². The van der Waals surface area contributed by atoms with Gasteiger partial charge in [0.1, 0.15) is 0 Å². The highest BCUT2D eigenvalue weighted by atomic mass is 127. The first kappa shape index (κ1) is 25.3. The van der Waals surface area contributed by atoms with Crippen LogP contribution in [0.1, 0.15) is 21.1 Å². The number of alkyl halides is 2. The normalized spacial score (nSPS) is 11.2. The van der Waals surface area contributed by atoms with Crippen LogP contribution in [0.15, 0.2) is 23.2 Å². The molecule has 0 aliphatic rings. The third-order valence-electron chi connectivity index (χ3n) is 4.08. The lowest BCUT2D eigenvalue weighted by molar-refractivity contribution is -0.0512. The van der Waals surface area contributed by atoms with E-state index in [1.165, 1.54) is 12.0 Å². The first-order chi connectivity index (χ1) is 13.4. The minimum absolute atomic E-state index is 0. The molecular formula is C19H27F2IN4O2S. The van der Waals surface area contributed by atoms with Gasteiger partial charge in [0.2, 0.25) is 0 Å². The van der Waals surface area contributed by atoms with Crippen LogP contribution in [-0.2, 0) is 12.8 Å². The van der Waals surface area contributed by atoms with E-state index in [0.29, 0.717) is 18.9 Å². The SMILES string of the molecule is CN=C(NCCc1ccc(OC)c(OC(F)F)c1)NCCc1nc(C)c(C)s1.I. The standard InChI is InChI=1S/C19H26F2N4O2S.HI/c1-12-13(2)28-17(25-12)8-10-24-19(22-3)23-9-7-14-5-6-15(26-4)16(11-14)27-18(20)21;/h5-6,11,18H,7-10H2,1-4H3,(H2,22,23,24);1H. The smallest absolute Gasteiger partial charge is 0.387 e. The summed E-state index contributed by atoms with van der Waals surface area (Å²) >= 11 is 1.71. The topological polar surface area (TPSA) is 67.8 Å². The highest BCUT2D eigenvalue weighted by Gasteiger charge is 2.11. The predicted octanol–water partition coefficient (Wildman–Crippen LogP) is 3.94. The Labute approximate surface area is 191 Å². The molecule has 0 spiro atoms. The largest absolute Gasteiger partial charge is 0.493 e. The number of guanidine groups is 1. The monoisotopic (exact) mass is 540 g/mol. The molecule has 2 N–H and O–H groups in total. The van der Waals surface area contributed by atoms with Gasteiger partial charge < -0.3 is 20.1 Å². The van der Waals surface area contributed by atoms with Crippen LogP contribution < -0.4 is 20.1 Å². The molecule has 0 aliphatic carbocycles. The van der Waals surface area contributed by atoms with Crippen LogP contribution in [0.25, 0.3) is 0 Å². The van der Waals surface area contributed by atoms with Gasteiger partial charge in [-0.2, -0.15) is 8.78 Å². The van der Waals surface area contributed by atoms with Crippen molar-refractivity contribution < 1.29 is 18.3 Å². The van der Waals surface area contributed by atoms with Gasteiger partial charge >= 0.3 is 6.61 Å². The van der Waals surface area contributed by atoms with Gasteiger partial charge in [-0.25, -0.2) is 4.98 Å². The number of thiazole rings is 1. The molecule has 1 aromatic carbocycles. The van der Waals surface area contributed by atoms with Crippen molar-refractivity contribution in [2.75, 3.05) is 27.2 Å². The molecule has 2 rings (SSSR count). The van der Waals surface area contributed by atoms with Crippen LogP contribution in [-0.4, -0.2) is 44.8 Å². The molecule has 1 aromatic heterocycles. The van der Waals surface area contributed by atoms with Crippen LogP contribution in [0.2, 0.25) is 0 Å². The highest BCUT2D eigenvalue weighted by molar-refractivity contribution is 14.0. The molecule has 2 aromatic rings. The van der Waals surface area contributed by atoms with E-state index < -0.39 is 6.61 Å². The molecule has 0 saturated heterocycles. The first-order valence-corrected chi connectivity index (χ1v) is 9.73. The molecule has 162 valence electrons. The minimum Gasteiger partial charge on any atom is -0.493 e. The second-order valence-electron chi connectivity index (χ2n) is 6.04. The third kappa shape index (κ3) is 8.29. The Balaban J connectivity index is 0.00000420. The molecule has 0 radical (unpaired) electrons. The lowest BCUT2D eigenvalue weighted by Crippen LogP contribution is -2.39. The van der Waals surface area contributed by atoms with Gasteiger partial charge in [-0.1, -0.05) is 6.07 Å². The number of ether oxygens (including phenoxy) is 2. The van der Waals surface area contributed by atoms with E-state index in [2.05, 4.69) is 32.3 Å². The molecule has 10 heteroatoms. The Morgan fingerprint density at radius 3 is 2.41 bits per heavy atom. The number of benzene rings is 1. The number of aryl methyl sites for hydroxylation is 2. The molecule has 29 heavy (non-hydrogen) atoms. The van der Waals surface area contributed by atoms with E-state index >= 15 is 0 Å². The maximum atomic E-state index is 12.5. The number of hydrogen-bond acceptors (Lipinski definition) is 5. The molecule has 0 atom stereocenters.